The van der Waals surface area contributed by atoms with Gasteiger partial charge in [-0.2, -0.15) is 0 Å². The second-order valence-corrected chi connectivity index (χ2v) is 19.1. The first kappa shape index (κ1) is 52.7. The van der Waals surface area contributed by atoms with Gasteiger partial charge in [0.2, 0.25) is 5.78 Å². The van der Waals surface area contributed by atoms with Crippen molar-refractivity contribution in [3.05, 3.63) is 275 Å². The SMILES string of the molecule is O=C(N[C@@H]1CN(C(=O)OCc2ccccc2)CCC[C@H]1OC(=O)c1cc(OCc2ccccc2)c(C(=O)c2ccc3ccccc3c2OCc2ccccc2)c(OCc2ccccc2)c1)c1ccc(OCc2ccccc2)cc1. The number of carbonyl (C=O) groups is 4. The third kappa shape index (κ3) is 13.8. The van der Waals surface area contributed by atoms with Crippen LogP contribution in [0.3, 0.4) is 0 Å². The van der Waals surface area contributed by atoms with Gasteiger partial charge in [-0.1, -0.05) is 182 Å². The lowest BCUT2D eigenvalue weighted by atomic mass is 9.96. The summed E-state index contributed by atoms with van der Waals surface area (Å²) in [5.74, 6) is -0.570. The van der Waals surface area contributed by atoms with Crippen molar-refractivity contribution >= 4 is 34.5 Å². The van der Waals surface area contributed by atoms with Crippen molar-refractivity contribution in [2.75, 3.05) is 13.1 Å². The molecule has 1 aliphatic rings. The molecule has 1 N–H and O–H groups in total. The van der Waals surface area contributed by atoms with Crippen molar-refractivity contribution in [1.82, 2.24) is 10.2 Å². The molecule has 2 atom stereocenters. The van der Waals surface area contributed by atoms with Gasteiger partial charge in [-0.15, -0.1) is 0 Å². The van der Waals surface area contributed by atoms with Crippen LogP contribution in [0.15, 0.2) is 224 Å². The molecule has 9 aromatic carbocycles. The lowest BCUT2D eigenvalue weighted by Crippen LogP contribution is -2.51. The van der Waals surface area contributed by atoms with E-state index in [4.69, 9.17) is 28.4 Å². The van der Waals surface area contributed by atoms with Gasteiger partial charge in [0, 0.05) is 24.0 Å². The van der Waals surface area contributed by atoms with E-state index in [1.807, 2.05) is 182 Å². The first-order valence-electron chi connectivity index (χ1n) is 26.3. The molecule has 79 heavy (non-hydrogen) atoms. The minimum absolute atomic E-state index is 0.0275. The predicted molar refractivity (Wildman–Crippen MR) is 301 cm³/mol. The summed E-state index contributed by atoms with van der Waals surface area (Å²) >= 11 is 0. The van der Waals surface area contributed by atoms with Crippen LogP contribution in [0.25, 0.3) is 10.8 Å². The number of rotatable bonds is 20. The smallest absolute Gasteiger partial charge is 0.410 e. The van der Waals surface area contributed by atoms with Crippen LogP contribution in [0, 0.1) is 0 Å². The number of likely N-dealkylation sites (tertiary alicyclic amines) is 1. The highest BCUT2D eigenvalue weighted by Gasteiger charge is 2.35. The highest BCUT2D eigenvalue weighted by Crippen LogP contribution is 2.39. The van der Waals surface area contributed by atoms with Gasteiger partial charge >= 0.3 is 12.1 Å². The van der Waals surface area contributed by atoms with E-state index in [2.05, 4.69) is 5.32 Å². The Balaban J connectivity index is 0.984. The summed E-state index contributed by atoms with van der Waals surface area (Å²) in [6.07, 6.45) is -0.800. The molecule has 10 rings (SSSR count). The number of esters is 1. The topological polar surface area (TPSA) is 139 Å². The minimum Gasteiger partial charge on any atom is -0.489 e. The molecule has 12 nitrogen and oxygen atoms in total. The number of ether oxygens (including phenoxy) is 6. The average Bonchev–Trinajstić information content (AvgIpc) is 3.78. The molecule has 396 valence electrons. The fraction of sp³-hybridized carbons (Fsp3) is 0.164. The van der Waals surface area contributed by atoms with E-state index in [9.17, 15) is 14.4 Å². The number of hydrogen-bond acceptors (Lipinski definition) is 10. The summed E-state index contributed by atoms with van der Waals surface area (Å²) in [6, 6.07) is 68.0. The summed E-state index contributed by atoms with van der Waals surface area (Å²) in [5.41, 5.74) is 5.07. The first-order valence-corrected chi connectivity index (χ1v) is 26.3. The van der Waals surface area contributed by atoms with Crippen LogP contribution in [0.5, 0.6) is 23.0 Å². The normalized spacial score (nSPS) is 14.1. The second-order valence-electron chi connectivity index (χ2n) is 19.1. The monoisotopic (exact) mass is 1050 g/mol. The fourth-order valence-corrected chi connectivity index (χ4v) is 9.36. The second kappa shape index (κ2) is 25.9. The van der Waals surface area contributed by atoms with E-state index < -0.39 is 35.9 Å². The van der Waals surface area contributed by atoms with Crippen LogP contribution < -0.4 is 24.3 Å². The molecule has 0 aliphatic carbocycles. The van der Waals surface area contributed by atoms with Crippen molar-refractivity contribution < 1.29 is 47.6 Å². The molecule has 1 fully saturated rings. The van der Waals surface area contributed by atoms with Gasteiger partial charge in [0.05, 0.1) is 17.2 Å². The zero-order chi connectivity index (χ0) is 54.2. The Morgan fingerprint density at radius 1 is 0.494 bits per heavy atom. The third-order valence-electron chi connectivity index (χ3n) is 13.5. The van der Waals surface area contributed by atoms with E-state index >= 15 is 4.79 Å². The van der Waals surface area contributed by atoms with Crippen molar-refractivity contribution in [2.24, 2.45) is 0 Å². The fourth-order valence-electron chi connectivity index (χ4n) is 9.36. The summed E-state index contributed by atoms with van der Waals surface area (Å²) in [7, 11) is 0. The molecule has 1 heterocycles. The van der Waals surface area contributed by atoms with Gasteiger partial charge in [-0.3, -0.25) is 9.59 Å². The number of benzene rings is 9. The van der Waals surface area contributed by atoms with Crippen molar-refractivity contribution in [3.63, 3.8) is 0 Å². The Hall–Kier alpha value is -9.68. The van der Waals surface area contributed by atoms with Crippen LogP contribution in [0.1, 0.15) is 77.3 Å². The van der Waals surface area contributed by atoms with Gasteiger partial charge in [0.25, 0.3) is 5.91 Å². The van der Waals surface area contributed by atoms with Gasteiger partial charge in [0.15, 0.2) is 0 Å². The maximum Gasteiger partial charge on any atom is 0.410 e. The van der Waals surface area contributed by atoms with E-state index in [-0.39, 0.29) is 74.1 Å². The summed E-state index contributed by atoms with van der Waals surface area (Å²) in [4.78, 5) is 60.0. The summed E-state index contributed by atoms with van der Waals surface area (Å²) < 4.78 is 38.0. The van der Waals surface area contributed by atoms with E-state index in [0.29, 0.717) is 30.1 Å². The molecule has 1 saturated heterocycles. The highest BCUT2D eigenvalue weighted by molar-refractivity contribution is 6.17. The maximum absolute atomic E-state index is 15.6. The third-order valence-corrected chi connectivity index (χ3v) is 13.5. The van der Waals surface area contributed by atoms with Crippen molar-refractivity contribution in [2.45, 2.75) is 58.0 Å². The highest BCUT2D eigenvalue weighted by atomic mass is 16.6. The minimum atomic E-state index is -0.928. The zero-order valence-corrected chi connectivity index (χ0v) is 43.4. The Bertz CT molecular complexity index is 3430. The number of ketones is 1. The first-order chi connectivity index (χ1) is 38.8. The molecule has 12 heteroatoms. The van der Waals surface area contributed by atoms with Crippen LogP contribution in [-0.4, -0.2) is 53.9 Å². The number of hydrogen-bond donors (Lipinski definition) is 1. The lowest BCUT2D eigenvalue weighted by Gasteiger charge is -2.29. The molecule has 0 unspecified atom stereocenters. The Morgan fingerprint density at radius 3 is 1.54 bits per heavy atom. The standard InChI is InChI=1S/C67H58N2O10/c70-63(57-37-34-52-29-16-17-30-56(52)64(57)77-45-50-25-12-4-13-26-50)62-60(75-43-48-21-8-2-9-22-48)39-54(40-61(62)76-44-49-23-10-3-11-24-49)66(72)79-59-31-18-38-69(67(73)78-46-51-27-14-5-15-28-51)41-58(59)68-65(71)53-32-35-55(36-33-53)74-42-47-19-6-1-7-20-47/h1-17,19-30,32-37,39-40,58-59H,18,31,38,41-46H2,(H,68,71)/t58-,59-/m1/s1. The molecule has 0 radical (unpaired) electrons. The number of nitrogens with zero attached hydrogens (tertiary/aromatic N) is 1. The van der Waals surface area contributed by atoms with Crippen LogP contribution in [0.2, 0.25) is 0 Å². The average molecular weight is 1050 g/mol. The molecule has 0 bridgehead atoms. The van der Waals surface area contributed by atoms with E-state index in [1.54, 1.807) is 30.3 Å². The number of fused-ring (bicyclic) bond motifs is 1. The van der Waals surface area contributed by atoms with Crippen LogP contribution in [-0.2, 0) is 42.5 Å². The van der Waals surface area contributed by atoms with Crippen LogP contribution in [0.4, 0.5) is 4.79 Å². The predicted octanol–water partition coefficient (Wildman–Crippen LogP) is 13.1. The summed E-state index contributed by atoms with van der Waals surface area (Å²) in [5, 5.41) is 4.70. The van der Waals surface area contributed by atoms with Crippen LogP contribution >= 0.6 is 0 Å². The van der Waals surface area contributed by atoms with E-state index in [1.165, 1.54) is 17.0 Å². The molecule has 0 aromatic heterocycles. The van der Waals surface area contributed by atoms with Gasteiger partial charge < -0.3 is 38.6 Å². The summed E-state index contributed by atoms with van der Waals surface area (Å²) in [6.45, 7) is 0.933. The lowest BCUT2D eigenvalue weighted by molar-refractivity contribution is 0.0173. The van der Waals surface area contributed by atoms with Crippen molar-refractivity contribution in [3.8, 4) is 23.0 Å². The molecular formula is C67H58N2O10. The largest absolute Gasteiger partial charge is 0.489 e. The number of carbonyl (C=O) groups excluding carboxylic acids is 4. The quantitative estimate of drug-likeness (QED) is 0.0580. The number of amides is 2. The molecule has 0 spiro atoms. The van der Waals surface area contributed by atoms with Crippen molar-refractivity contribution in [1.29, 1.82) is 0 Å². The Morgan fingerprint density at radius 2 is 0.987 bits per heavy atom. The van der Waals surface area contributed by atoms with Gasteiger partial charge in [-0.05, 0) is 88.5 Å². The molecule has 1 aliphatic heterocycles. The molecule has 2 amide bonds. The molecule has 0 saturated carbocycles. The van der Waals surface area contributed by atoms with E-state index in [0.717, 1.165) is 38.6 Å². The number of nitrogens with one attached hydrogen (secondary N) is 1. The molecule has 9 aromatic rings. The Labute approximate surface area is 459 Å². The van der Waals surface area contributed by atoms with Gasteiger partial charge in [-0.25, -0.2) is 9.59 Å². The molecular weight excluding hydrogens is 993 g/mol. The maximum atomic E-state index is 15.6. The Kier molecular flexibility index (Phi) is 17.3. The van der Waals surface area contributed by atoms with Gasteiger partial charge in [0.1, 0.15) is 67.7 Å². The zero-order valence-electron chi connectivity index (χ0n) is 43.4.